The third-order valence-electron chi connectivity index (χ3n) is 5.76. The third kappa shape index (κ3) is 5.02. The van der Waals surface area contributed by atoms with Gasteiger partial charge in [0.05, 0.1) is 12.2 Å². The van der Waals surface area contributed by atoms with Gasteiger partial charge < -0.3 is 15.1 Å². The Hall–Kier alpha value is -1.83. The van der Waals surface area contributed by atoms with Crippen LogP contribution in [0.5, 0.6) is 0 Å². The van der Waals surface area contributed by atoms with Gasteiger partial charge in [-0.25, -0.2) is 4.68 Å². The van der Waals surface area contributed by atoms with Gasteiger partial charge in [0.15, 0.2) is 5.69 Å². The number of para-hydroxylation sites is 1. The molecule has 1 aromatic heterocycles. The van der Waals surface area contributed by atoms with Crippen molar-refractivity contribution in [2.75, 3.05) is 37.6 Å². The standard InChI is InChI=1S/C20H28N6O.2ClH/c1-15-5-3-4-6-19(15)24-11-12-25(16(2)13-24)20(27)18-14-26(23-22-18)17-7-9-21-10-8-17;;/h3-6,14,16-17,21H,7-13H2,1-2H3;2*1H. The lowest BCUT2D eigenvalue weighted by atomic mass is 10.1. The Morgan fingerprint density at radius 3 is 2.55 bits per heavy atom. The molecule has 0 aliphatic carbocycles. The van der Waals surface area contributed by atoms with E-state index >= 15 is 0 Å². The van der Waals surface area contributed by atoms with Gasteiger partial charge in [0.1, 0.15) is 0 Å². The van der Waals surface area contributed by atoms with Crippen LogP contribution in [0.4, 0.5) is 5.69 Å². The number of nitrogens with one attached hydrogen (secondary N) is 1. The monoisotopic (exact) mass is 440 g/mol. The van der Waals surface area contributed by atoms with Crippen molar-refractivity contribution in [3.63, 3.8) is 0 Å². The first-order valence-electron chi connectivity index (χ1n) is 9.87. The van der Waals surface area contributed by atoms with E-state index in [9.17, 15) is 4.79 Å². The first-order chi connectivity index (χ1) is 13.1. The molecule has 7 nitrogen and oxygen atoms in total. The molecule has 29 heavy (non-hydrogen) atoms. The van der Waals surface area contributed by atoms with Crippen LogP contribution in [0.3, 0.4) is 0 Å². The van der Waals surface area contributed by atoms with Gasteiger partial charge in [0.2, 0.25) is 0 Å². The Balaban J connectivity index is 0.00000150. The average Bonchev–Trinajstić information content (AvgIpc) is 3.19. The summed E-state index contributed by atoms with van der Waals surface area (Å²) in [5, 5.41) is 11.8. The summed E-state index contributed by atoms with van der Waals surface area (Å²) in [6, 6.07) is 8.91. The molecule has 9 heteroatoms. The van der Waals surface area contributed by atoms with Crippen molar-refractivity contribution in [3.8, 4) is 0 Å². The number of hydrogen-bond acceptors (Lipinski definition) is 5. The molecule has 0 spiro atoms. The van der Waals surface area contributed by atoms with Crippen molar-refractivity contribution in [1.29, 1.82) is 0 Å². The first kappa shape index (κ1) is 23.4. The molecule has 1 atom stereocenters. The zero-order valence-corrected chi connectivity index (χ0v) is 18.6. The third-order valence-corrected chi connectivity index (χ3v) is 5.76. The summed E-state index contributed by atoms with van der Waals surface area (Å²) in [6.45, 7) is 8.60. The quantitative estimate of drug-likeness (QED) is 0.794. The molecule has 160 valence electrons. The Labute approximate surface area is 184 Å². The maximum atomic E-state index is 13.0. The van der Waals surface area contributed by atoms with Crippen LogP contribution in [0.2, 0.25) is 0 Å². The highest BCUT2D eigenvalue weighted by Gasteiger charge is 2.30. The molecule has 2 aliphatic heterocycles. The van der Waals surface area contributed by atoms with E-state index in [2.05, 4.69) is 58.6 Å². The minimum atomic E-state index is -0.00730. The number of piperazine rings is 1. The van der Waals surface area contributed by atoms with Gasteiger partial charge in [-0.2, -0.15) is 0 Å². The van der Waals surface area contributed by atoms with Gasteiger partial charge in [-0.15, -0.1) is 29.9 Å². The summed E-state index contributed by atoms with van der Waals surface area (Å²) < 4.78 is 1.88. The number of nitrogens with zero attached hydrogens (tertiary/aromatic N) is 5. The minimum absolute atomic E-state index is 0. The number of piperidine rings is 1. The zero-order valence-electron chi connectivity index (χ0n) is 17.0. The number of amides is 1. The minimum Gasteiger partial charge on any atom is -0.367 e. The maximum Gasteiger partial charge on any atom is 0.276 e. The smallest absolute Gasteiger partial charge is 0.276 e. The molecule has 3 heterocycles. The number of anilines is 1. The number of benzene rings is 1. The molecular weight excluding hydrogens is 411 g/mol. The van der Waals surface area contributed by atoms with E-state index in [1.807, 2.05) is 15.8 Å². The summed E-state index contributed by atoms with van der Waals surface area (Å²) in [6.07, 6.45) is 3.89. The molecule has 0 saturated carbocycles. The van der Waals surface area contributed by atoms with Gasteiger partial charge in [-0.3, -0.25) is 4.79 Å². The first-order valence-corrected chi connectivity index (χ1v) is 9.87. The number of rotatable bonds is 3. The molecule has 0 radical (unpaired) electrons. The highest BCUT2D eigenvalue weighted by molar-refractivity contribution is 5.92. The van der Waals surface area contributed by atoms with Crippen molar-refractivity contribution in [2.45, 2.75) is 38.8 Å². The Kier molecular flexibility index (Phi) is 8.31. The van der Waals surface area contributed by atoms with Gasteiger partial charge in [-0.05, 0) is 51.4 Å². The fourth-order valence-corrected chi connectivity index (χ4v) is 4.17. The van der Waals surface area contributed by atoms with Crippen molar-refractivity contribution in [1.82, 2.24) is 25.2 Å². The van der Waals surface area contributed by atoms with Crippen molar-refractivity contribution < 1.29 is 4.79 Å². The number of carbonyl (C=O) groups is 1. The van der Waals surface area contributed by atoms with Crippen LogP contribution >= 0.6 is 24.8 Å². The lowest BCUT2D eigenvalue weighted by Gasteiger charge is -2.41. The SMILES string of the molecule is Cc1ccccc1N1CCN(C(=O)c2cn(C3CCNCC3)nn2)C(C)C1.Cl.Cl. The lowest BCUT2D eigenvalue weighted by molar-refractivity contribution is 0.0668. The van der Waals surface area contributed by atoms with Gasteiger partial charge in [-0.1, -0.05) is 23.4 Å². The number of aryl methyl sites for hydroxylation is 1. The van der Waals surface area contributed by atoms with Crippen molar-refractivity contribution in [2.24, 2.45) is 0 Å². The summed E-state index contributed by atoms with van der Waals surface area (Å²) in [4.78, 5) is 17.3. The second kappa shape index (κ2) is 10.3. The number of aromatic nitrogens is 3. The maximum absolute atomic E-state index is 13.0. The summed E-state index contributed by atoms with van der Waals surface area (Å²) in [5.41, 5.74) is 2.99. The fourth-order valence-electron chi connectivity index (χ4n) is 4.17. The van der Waals surface area contributed by atoms with E-state index in [1.165, 1.54) is 11.3 Å². The van der Waals surface area contributed by atoms with E-state index in [0.29, 0.717) is 18.3 Å². The van der Waals surface area contributed by atoms with E-state index in [-0.39, 0.29) is 36.8 Å². The normalized spacial score (nSPS) is 20.0. The molecule has 2 aromatic rings. The van der Waals surface area contributed by atoms with E-state index in [0.717, 1.165) is 39.0 Å². The second-order valence-electron chi connectivity index (χ2n) is 7.65. The van der Waals surface area contributed by atoms with E-state index in [1.54, 1.807) is 0 Å². The van der Waals surface area contributed by atoms with Crippen molar-refractivity contribution in [3.05, 3.63) is 41.7 Å². The van der Waals surface area contributed by atoms with Crippen LogP contribution in [-0.2, 0) is 0 Å². The van der Waals surface area contributed by atoms with Crippen molar-refractivity contribution >= 4 is 36.4 Å². The van der Waals surface area contributed by atoms with Crippen LogP contribution in [0, 0.1) is 6.92 Å². The average molecular weight is 441 g/mol. The Morgan fingerprint density at radius 1 is 1.14 bits per heavy atom. The molecule has 1 amide bonds. The van der Waals surface area contributed by atoms with Crippen LogP contribution < -0.4 is 10.2 Å². The van der Waals surface area contributed by atoms with Gasteiger partial charge in [0.25, 0.3) is 5.91 Å². The molecule has 0 bridgehead atoms. The molecule has 4 rings (SSSR count). The molecule has 2 aliphatic rings. The highest BCUT2D eigenvalue weighted by atomic mass is 35.5. The fraction of sp³-hybridized carbons (Fsp3) is 0.550. The Bertz CT molecular complexity index is 808. The second-order valence-corrected chi connectivity index (χ2v) is 7.65. The molecule has 2 fully saturated rings. The largest absolute Gasteiger partial charge is 0.367 e. The number of hydrogen-bond donors (Lipinski definition) is 1. The zero-order chi connectivity index (χ0) is 18.8. The summed E-state index contributed by atoms with van der Waals surface area (Å²) in [5.74, 6) is -0.00730. The predicted octanol–water partition coefficient (Wildman–Crippen LogP) is 2.71. The lowest BCUT2D eigenvalue weighted by Crippen LogP contribution is -2.54. The van der Waals surface area contributed by atoms with Gasteiger partial charge in [0, 0.05) is 31.4 Å². The molecule has 1 N–H and O–H groups in total. The molecule has 1 aromatic carbocycles. The van der Waals surface area contributed by atoms with Crippen LogP contribution in [0.25, 0.3) is 0 Å². The van der Waals surface area contributed by atoms with Crippen LogP contribution in [0.15, 0.2) is 30.5 Å². The molecule has 1 unspecified atom stereocenters. The molecule has 2 saturated heterocycles. The number of halogens is 2. The summed E-state index contributed by atoms with van der Waals surface area (Å²) >= 11 is 0. The number of carbonyl (C=O) groups excluding carboxylic acids is 1. The van der Waals surface area contributed by atoms with E-state index in [4.69, 9.17) is 0 Å². The topological polar surface area (TPSA) is 66.3 Å². The van der Waals surface area contributed by atoms with Crippen LogP contribution in [0.1, 0.15) is 41.9 Å². The Morgan fingerprint density at radius 2 is 1.86 bits per heavy atom. The highest BCUT2D eigenvalue weighted by Crippen LogP contribution is 2.24. The van der Waals surface area contributed by atoms with E-state index < -0.39 is 0 Å². The van der Waals surface area contributed by atoms with Gasteiger partial charge >= 0.3 is 0 Å². The van der Waals surface area contributed by atoms with Crippen LogP contribution in [-0.4, -0.2) is 64.6 Å². The predicted molar refractivity (Wildman–Crippen MR) is 120 cm³/mol. The molecular formula is C20H30Cl2N6O. The summed E-state index contributed by atoms with van der Waals surface area (Å²) in [7, 11) is 0.